The monoisotopic (exact) mass is 367 g/mol. The molecule has 0 bridgehead atoms. The van der Waals surface area contributed by atoms with Gasteiger partial charge in [-0.3, -0.25) is 4.79 Å². The molecule has 0 spiro atoms. The van der Waals surface area contributed by atoms with Crippen LogP contribution in [0.1, 0.15) is 44.2 Å². The van der Waals surface area contributed by atoms with E-state index < -0.39 is 5.60 Å². The highest BCUT2D eigenvalue weighted by molar-refractivity contribution is 5.70. The largest absolute Gasteiger partial charge is 0.454 e. The molecule has 0 aliphatic rings. The molecule has 0 saturated heterocycles. The van der Waals surface area contributed by atoms with Gasteiger partial charge in [0.2, 0.25) is 0 Å². The summed E-state index contributed by atoms with van der Waals surface area (Å²) in [4.78, 5) is 14.8. The van der Waals surface area contributed by atoms with Crippen LogP contribution in [-0.4, -0.2) is 31.5 Å². The summed E-state index contributed by atoms with van der Waals surface area (Å²) < 4.78 is 6.28. The predicted octanol–water partition coefficient (Wildman–Crippen LogP) is 5.06. The van der Waals surface area contributed by atoms with Crippen LogP contribution in [0.4, 0.5) is 0 Å². The van der Waals surface area contributed by atoms with Crippen molar-refractivity contribution in [2.24, 2.45) is 5.92 Å². The number of nitrogens with zero attached hydrogens (tertiary/aromatic N) is 1. The highest BCUT2D eigenvalue weighted by Crippen LogP contribution is 2.39. The number of hydrogen-bond donors (Lipinski definition) is 0. The minimum atomic E-state index is -0.631. The van der Waals surface area contributed by atoms with Crippen LogP contribution in [0.15, 0.2) is 60.7 Å². The minimum Gasteiger partial charge on any atom is -0.454 e. The first-order chi connectivity index (χ1) is 13.0. The topological polar surface area (TPSA) is 29.5 Å². The van der Waals surface area contributed by atoms with Crippen molar-refractivity contribution in [3.63, 3.8) is 0 Å². The molecule has 0 aliphatic heterocycles. The van der Waals surface area contributed by atoms with E-state index in [0.29, 0.717) is 6.42 Å². The molecule has 2 rings (SSSR count). The first-order valence-corrected chi connectivity index (χ1v) is 9.94. The molecule has 3 heteroatoms. The summed E-state index contributed by atoms with van der Waals surface area (Å²) >= 11 is 0. The van der Waals surface area contributed by atoms with Crippen LogP contribution >= 0.6 is 0 Å². The zero-order valence-corrected chi connectivity index (χ0v) is 17.2. The number of carbonyl (C=O) groups excluding carboxylic acids is 1. The summed E-state index contributed by atoms with van der Waals surface area (Å²) in [5.41, 5.74) is 1.72. The Morgan fingerprint density at radius 2 is 1.63 bits per heavy atom. The van der Waals surface area contributed by atoms with E-state index in [0.717, 1.165) is 31.4 Å². The van der Waals surface area contributed by atoms with Gasteiger partial charge in [-0.1, -0.05) is 74.5 Å². The fourth-order valence-corrected chi connectivity index (χ4v) is 3.73. The van der Waals surface area contributed by atoms with Crippen LogP contribution < -0.4 is 0 Å². The lowest BCUT2D eigenvalue weighted by atomic mass is 9.77. The number of hydrogen-bond acceptors (Lipinski definition) is 3. The fourth-order valence-electron chi connectivity index (χ4n) is 3.73. The van der Waals surface area contributed by atoms with E-state index in [4.69, 9.17) is 4.74 Å². The third-order valence-corrected chi connectivity index (χ3v) is 5.08. The molecule has 0 radical (unpaired) electrons. The summed E-state index contributed by atoms with van der Waals surface area (Å²) in [6, 6.07) is 20.7. The van der Waals surface area contributed by atoms with Crippen molar-refractivity contribution < 1.29 is 9.53 Å². The molecule has 1 unspecified atom stereocenters. The van der Waals surface area contributed by atoms with Crippen LogP contribution in [0.3, 0.4) is 0 Å². The van der Waals surface area contributed by atoms with Gasteiger partial charge in [-0.15, -0.1) is 0 Å². The van der Waals surface area contributed by atoms with Gasteiger partial charge in [-0.25, -0.2) is 0 Å². The molecule has 0 heterocycles. The van der Waals surface area contributed by atoms with Crippen molar-refractivity contribution in [1.29, 1.82) is 0 Å². The van der Waals surface area contributed by atoms with Gasteiger partial charge in [0.15, 0.2) is 0 Å². The number of carbonyl (C=O) groups is 1. The summed E-state index contributed by atoms with van der Waals surface area (Å²) in [5.74, 6) is 0.0550. The quantitative estimate of drug-likeness (QED) is 0.550. The van der Waals surface area contributed by atoms with Gasteiger partial charge >= 0.3 is 5.97 Å². The van der Waals surface area contributed by atoms with Crippen LogP contribution in [-0.2, 0) is 21.6 Å². The molecule has 27 heavy (non-hydrogen) atoms. The second-order valence-corrected chi connectivity index (χ2v) is 7.63. The van der Waals surface area contributed by atoms with Gasteiger partial charge in [0.05, 0.1) is 0 Å². The van der Waals surface area contributed by atoms with E-state index in [1.807, 2.05) is 31.2 Å². The number of esters is 1. The van der Waals surface area contributed by atoms with Crippen LogP contribution in [0.2, 0.25) is 0 Å². The SMILES string of the molecule is CCCC(=O)O[C@](CCc1ccccc1)(c1ccccc1)C(C)CN(C)C. The van der Waals surface area contributed by atoms with Crippen molar-refractivity contribution >= 4 is 5.97 Å². The van der Waals surface area contributed by atoms with Crippen LogP contribution in [0.25, 0.3) is 0 Å². The Balaban J connectivity index is 2.41. The molecular formula is C24H33NO2. The minimum absolute atomic E-state index is 0.111. The fraction of sp³-hybridized carbons (Fsp3) is 0.458. The van der Waals surface area contributed by atoms with Crippen molar-refractivity contribution in [3.05, 3.63) is 71.8 Å². The van der Waals surface area contributed by atoms with Gasteiger partial charge in [-0.05, 0) is 44.5 Å². The first-order valence-electron chi connectivity index (χ1n) is 9.94. The Kier molecular flexibility index (Phi) is 8.05. The van der Waals surface area contributed by atoms with E-state index in [1.54, 1.807) is 0 Å². The molecule has 0 amide bonds. The third-order valence-electron chi connectivity index (χ3n) is 5.08. The molecule has 3 nitrogen and oxygen atoms in total. The lowest BCUT2D eigenvalue weighted by Gasteiger charge is -2.40. The smallest absolute Gasteiger partial charge is 0.306 e. The number of rotatable bonds is 10. The van der Waals surface area contributed by atoms with Crippen molar-refractivity contribution in [1.82, 2.24) is 4.90 Å². The van der Waals surface area contributed by atoms with Gasteiger partial charge in [0.25, 0.3) is 0 Å². The molecule has 2 aromatic carbocycles. The lowest BCUT2D eigenvalue weighted by Crippen LogP contribution is -2.43. The molecule has 2 aromatic rings. The standard InChI is InChI=1S/C24H33NO2/c1-5-12-23(26)27-24(20(2)19-25(3)4,22-15-10-7-11-16-22)18-17-21-13-8-6-9-14-21/h6-11,13-16,20H,5,12,17-19H2,1-4H3/t20?,24-/m0/s1. The molecule has 0 aliphatic carbocycles. The third kappa shape index (κ3) is 5.93. The second kappa shape index (κ2) is 10.3. The van der Waals surface area contributed by atoms with Gasteiger partial charge in [0.1, 0.15) is 5.60 Å². The summed E-state index contributed by atoms with van der Waals surface area (Å²) in [7, 11) is 4.13. The van der Waals surface area contributed by atoms with Crippen molar-refractivity contribution in [2.75, 3.05) is 20.6 Å². The van der Waals surface area contributed by atoms with Gasteiger partial charge in [-0.2, -0.15) is 0 Å². The average Bonchev–Trinajstić information content (AvgIpc) is 2.66. The Morgan fingerprint density at radius 3 is 2.19 bits per heavy atom. The summed E-state index contributed by atoms with van der Waals surface area (Å²) in [5, 5.41) is 0. The normalized spacial score (nSPS) is 14.6. The van der Waals surface area contributed by atoms with E-state index in [-0.39, 0.29) is 11.9 Å². The molecular weight excluding hydrogens is 334 g/mol. The van der Waals surface area contributed by atoms with E-state index in [1.165, 1.54) is 5.56 Å². The summed E-state index contributed by atoms with van der Waals surface area (Å²) in [6.45, 7) is 5.05. The number of aryl methyl sites for hydroxylation is 1. The maximum absolute atomic E-state index is 12.6. The highest BCUT2D eigenvalue weighted by atomic mass is 16.6. The Bertz CT molecular complexity index is 684. The highest BCUT2D eigenvalue weighted by Gasteiger charge is 2.41. The maximum Gasteiger partial charge on any atom is 0.306 e. The summed E-state index contributed by atoms with van der Waals surface area (Å²) in [6.07, 6.45) is 2.89. The molecule has 0 saturated carbocycles. The maximum atomic E-state index is 12.6. The van der Waals surface area contributed by atoms with E-state index >= 15 is 0 Å². The Morgan fingerprint density at radius 1 is 1.04 bits per heavy atom. The zero-order chi connectivity index (χ0) is 19.7. The molecule has 2 atom stereocenters. The van der Waals surface area contributed by atoms with Gasteiger partial charge in [0, 0.05) is 18.9 Å². The zero-order valence-electron chi connectivity index (χ0n) is 17.2. The first kappa shape index (κ1) is 21.2. The predicted molar refractivity (Wildman–Crippen MR) is 112 cm³/mol. The molecule has 0 N–H and O–H groups in total. The van der Waals surface area contributed by atoms with Crippen molar-refractivity contribution in [3.8, 4) is 0 Å². The number of benzene rings is 2. The number of ether oxygens (including phenoxy) is 1. The molecule has 0 fully saturated rings. The van der Waals surface area contributed by atoms with Crippen molar-refractivity contribution in [2.45, 2.75) is 45.1 Å². The average molecular weight is 368 g/mol. The molecule has 0 aromatic heterocycles. The van der Waals surface area contributed by atoms with Crippen LogP contribution in [0.5, 0.6) is 0 Å². The van der Waals surface area contributed by atoms with Crippen LogP contribution in [0, 0.1) is 5.92 Å². The Labute approximate surface area is 164 Å². The van der Waals surface area contributed by atoms with E-state index in [9.17, 15) is 4.79 Å². The molecule has 146 valence electrons. The Hall–Kier alpha value is -2.13. The second-order valence-electron chi connectivity index (χ2n) is 7.63. The lowest BCUT2D eigenvalue weighted by molar-refractivity contribution is -0.170. The van der Waals surface area contributed by atoms with E-state index in [2.05, 4.69) is 62.3 Å². The van der Waals surface area contributed by atoms with Gasteiger partial charge < -0.3 is 9.64 Å².